The standard InChI is InChI=1S/C12H22O.C2H3N3O/c1-3-7-11(8-4-1)13-12-9-5-2-6-10-12;6-2-1-3-5-4-2/h11-12H,1-10H2;1H,(H2,3,4,5,6). The van der Waals surface area contributed by atoms with Gasteiger partial charge in [0.15, 0.2) is 0 Å². The van der Waals surface area contributed by atoms with Crippen LogP contribution in [0.5, 0.6) is 0 Å². The van der Waals surface area contributed by atoms with Crippen LogP contribution in [0.1, 0.15) is 64.2 Å². The molecule has 0 radical (unpaired) electrons. The first-order chi connectivity index (χ1) is 9.34. The summed E-state index contributed by atoms with van der Waals surface area (Å²) in [6, 6.07) is 0. The third-order valence-corrected chi connectivity index (χ3v) is 3.91. The van der Waals surface area contributed by atoms with Gasteiger partial charge in [0.05, 0.1) is 12.2 Å². The molecule has 2 saturated carbocycles. The van der Waals surface area contributed by atoms with Crippen LogP contribution in [0.15, 0.2) is 11.0 Å². The number of aromatic amines is 2. The maximum absolute atomic E-state index is 9.92. The minimum Gasteiger partial charge on any atom is -0.375 e. The van der Waals surface area contributed by atoms with E-state index in [2.05, 4.69) is 15.4 Å². The Morgan fingerprint density at radius 3 is 1.79 bits per heavy atom. The van der Waals surface area contributed by atoms with Crippen molar-refractivity contribution in [1.82, 2.24) is 15.4 Å². The fourth-order valence-electron chi connectivity index (χ4n) is 2.89. The Bertz CT molecular complexity index is 343. The van der Waals surface area contributed by atoms with Gasteiger partial charge in [-0.05, 0) is 25.7 Å². The molecule has 5 nitrogen and oxygen atoms in total. The lowest BCUT2D eigenvalue weighted by Crippen LogP contribution is -2.25. The van der Waals surface area contributed by atoms with Gasteiger partial charge in [0.25, 0.3) is 5.56 Å². The molecule has 1 aromatic heterocycles. The van der Waals surface area contributed by atoms with E-state index in [1.807, 2.05) is 0 Å². The van der Waals surface area contributed by atoms with Crippen molar-refractivity contribution in [2.24, 2.45) is 0 Å². The van der Waals surface area contributed by atoms with E-state index in [-0.39, 0.29) is 5.56 Å². The third kappa shape index (κ3) is 5.59. The lowest BCUT2D eigenvalue weighted by molar-refractivity contribution is -0.0450. The van der Waals surface area contributed by atoms with E-state index in [0.29, 0.717) is 12.2 Å². The number of nitrogens with one attached hydrogen (secondary N) is 2. The summed E-state index contributed by atoms with van der Waals surface area (Å²) in [5.41, 5.74) is -0.199. The molecule has 0 bridgehead atoms. The molecule has 0 saturated heterocycles. The summed E-state index contributed by atoms with van der Waals surface area (Å²) < 4.78 is 6.13. The second-order valence-corrected chi connectivity index (χ2v) is 5.52. The zero-order chi connectivity index (χ0) is 13.3. The maximum Gasteiger partial charge on any atom is 0.283 e. The topological polar surface area (TPSA) is 70.8 Å². The van der Waals surface area contributed by atoms with Crippen molar-refractivity contribution >= 4 is 0 Å². The zero-order valence-electron chi connectivity index (χ0n) is 11.6. The number of aromatic nitrogens is 3. The summed E-state index contributed by atoms with van der Waals surface area (Å²) in [7, 11) is 0. The van der Waals surface area contributed by atoms with Crippen molar-refractivity contribution in [2.45, 2.75) is 76.4 Å². The molecule has 0 spiro atoms. The smallest absolute Gasteiger partial charge is 0.283 e. The molecule has 3 rings (SSSR count). The maximum atomic E-state index is 9.92. The molecule has 0 aliphatic heterocycles. The van der Waals surface area contributed by atoms with E-state index in [9.17, 15) is 4.79 Å². The average molecular weight is 267 g/mol. The first-order valence-corrected chi connectivity index (χ1v) is 7.58. The summed E-state index contributed by atoms with van der Waals surface area (Å²) in [6.07, 6.45) is 16.2. The summed E-state index contributed by atoms with van der Waals surface area (Å²) in [6.45, 7) is 0. The predicted octanol–water partition coefficient (Wildman–Crippen LogP) is 2.77. The van der Waals surface area contributed by atoms with Crippen LogP contribution in [0.25, 0.3) is 0 Å². The van der Waals surface area contributed by atoms with E-state index in [0.717, 1.165) is 0 Å². The Morgan fingerprint density at radius 2 is 1.47 bits per heavy atom. The molecule has 0 atom stereocenters. The minimum absolute atomic E-state index is 0.199. The molecule has 0 amide bonds. The largest absolute Gasteiger partial charge is 0.375 e. The van der Waals surface area contributed by atoms with Crippen molar-refractivity contribution in [3.63, 3.8) is 0 Å². The number of hydrogen-bond acceptors (Lipinski definition) is 3. The highest BCUT2D eigenvalue weighted by Gasteiger charge is 2.20. The van der Waals surface area contributed by atoms with Gasteiger partial charge >= 0.3 is 0 Å². The molecule has 2 fully saturated rings. The van der Waals surface area contributed by atoms with Crippen LogP contribution in [0.4, 0.5) is 0 Å². The van der Waals surface area contributed by atoms with Gasteiger partial charge in [-0.2, -0.15) is 5.10 Å². The Kier molecular flexibility index (Phi) is 6.14. The molecular weight excluding hydrogens is 242 g/mol. The van der Waals surface area contributed by atoms with Crippen LogP contribution in [-0.2, 0) is 4.74 Å². The van der Waals surface area contributed by atoms with Gasteiger partial charge in [0, 0.05) is 0 Å². The van der Waals surface area contributed by atoms with E-state index in [1.54, 1.807) is 0 Å². The summed E-state index contributed by atoms with van der Waals surface area (Å²) in [5, 5.41) is 7.78. The summed E-state index contributed by atoms with van der Waals surface area (Å²) >= 11 is 0. The minimum atomic E-state index is -0.199. The van der Waals surface area contributed by atoms with E-state index < -0.39 is 0 Å². The fraction of sp³-hybridized carbons (Fsp3) is 0.857. The number of nitrogens with zero attached hydrogens (tertiary/aromatic N) is 1. The molecule has 19 heavy (non-hydrogen) atoms. The van der Waals surface area contributed by atoms with Gasteiger partial charge in [0.2, 0.25) is 0 Å². The van der Waals surface area contributed by atoms with Crippen molar-refractivity contribution in [3.8, 4) is 0 Å². The van der Waals surface area contributed by atoms with E-state index in [1.165, 1.54) is 70.4 Å². The van der Waals surface area contributed by atoms with Gasteiger partial charge in [-0.3, -0.25) is 4.79 Å². The van der Waals surface area contributed by atoms with Crippen molar-refractivity contribution in [2.75, 3.05) is 0 Å². The Balaban J connectivity index is 0.000000186. The number of hydrogen-bond donors (Lipinski definition) is 2. The van der Waals surface area contributed by atoms with Crippen LogP contribution in [0, 0.1) is 0 Å². The lowest BCUT2D eigenvalue weighted by atomic mass is 9.95. The van der Waals surface area contributed by atoms with Gasteiger partial charge in [-0.15, -0.1) is 0 Å². The quantitative estimate of drug-likeness (QED) is 0.865. The third-order valence-electron chi connectivity index (χ3n) is 3.91. The predicted molar refractivity (Wildman–Crippen MR) is 74.0 cm³/mol. The average Bonchev–Trinajstić information content (AvgIpc) is 2.93. The van der Waals surface area contributed by atoms with Crippen LogP contribution in [0.2, 0.25) is 0 Å². The highest BCUT2D eigenvalue weighted by atomic mass is 16.5. The van der Waals surface area contributed by atoms with Crippen LogP contribution in [0.3, 0.4) is 0 Å². The molecule has 1 aromatic rings. The van der Waals surface area contributed by atoms with Gasteiger partial charge in [-0.25, -0.2) is 10.3 Å². The number of ether oxygens (including phenoxy) is 1. The van der Waals surface area contributed by atoms with Gasteiger partial charge in [-0.1, -0.05) is 38.5 Å². The molecule has 5 heteroatoms. The first kappa shape index (κ1) is 14.3. The zero-order valence-corrected chi connectivity index (χ0v) is 11.6. The molecule has 2 N–H and O–H groups in total. The Labute approximate surface area is 114 Å². The van der Waals surface area contributed by atoms with E-state index >= 15 is 0 Å². The second-order valence-electron chi connectivity index (χ2n) is 5.52. The number of H-pyrrole nitrogens is 2. The molecule has 0 aromatic carbocycles. The molecule has 108 valence electrons. The van der Waals surface area contributed by atoms with Crippen molar-refractivity contribution in [1.29, 1.82) is 0 Å². The van der Waals surface area contributed by atoms with Crippen LogP contribution >= 0.6 is 0 Å². The highest BCUT2D eigenvalue weighted by molar-refractivity contribution is 4.71. The molecule has 2 aliphatic carbocycles. The molecular formula is C14H25N3O2. The highest BCUT2D eigenvalue weighted by Crippen LogP contribution is 2.26. The second kappa shape index (κ2) is 8.15. The van der Waals surface area contributed by atoms with Crippen molar-refractivity contribution in [3.05, 3.63) is 16.6 Å². The summed E-state index contributed by atoms with van der Waals surface area (Å²) in [5.74, 6) is 0. The van der Waals surface area contributed by atoms with Crippen LogP contribution < -0.4 is 5.56 Å². The Morgan fingerprint density at radius 1 is 0.947 bits per heavy atom. The molecule has 1 heterocycles. The monoisotopic (exact) mass is 267 g/mol. The summed E-state index contributed by atoms with van der Waals surface area (Å²) in [4.78, 5) is 9.92. The van der Waals surface area contributed by atoms with Gasteiger partial charge in [0.1, 0.15) is 6.20 Å². The fourth-order valence-corrected chi connectivity index (χ4v) is 2.89. The molecule has 0 unspecified atom stereocenters. The Hall–Kier alpha value is -1.10. The van der Waals surface area contributed by atoms with Gasteiger partial charge < -0.3 is 4.74 Å². The normalized spacial score (nSPS) is 21.7. The van der Waals surface area contributed by atoms with Crippen LogP contribution in [-0.4, -0.2) is 27.6 Å². The van der Waals surface area contributed by atoms with E-state index in [4.69, 9.17) is 4.74 Å². The SMILES string of the molecule is C1CCC(OC2CCCCC2)CC1.O=c1cn[nH][nH]1. The lowest BCUT2D eigenvalue weighted by Gasteiger charge is -2.29. The number of rotatable bonds is 2. The van der Waals surface area contributed by atoms with Crippen molar-refractivity contribution < 1.29 is 4.74 Å². The molecule has 2 aliphatic rings. The first-order valence-electron chi connectivity index (χ1n) is 7.58.